The summed E-state index contributed by atoms with van der Waals surface area (Å²) >= 11 is 0. The fourth-order valence-corrected chi connectivity index (χ4v) is 7.48. The zero-order valence-corrected chi connectivity index (χ0v) is 19.8. The Labute approximate surface area is 181 Å². The van der Waals surface area contributed by atoms with Gasteiger partial charge in [-0.2, -0.15) is 17.0 Å². The second-order valence-corrected chi connectivity index (χ2v) is 12.9. The Hall–Kier alpha value is -0.750. The summed E-state index contributed by atoms with van der Waals surface area (Å²) in [7, 11) is -5.03. The number of carbonyl (C=O) groups is 1. The van der Waals surface area contributed by atoms with Gasteiger partial charge in [0.2, 0.25) is 15.9 Å². The lowest BCUT2D eigenvalue weighted by molar-refractivity contribution is -0.138. The Morgan fingerprint density at radius 1 is 0.833 bits per heavy atom. The first-order valence-corrected chi connectivity index (χ1v) is 14.2. The van der Waals surface area contributed by atoms with Crippen LogP contribution in [0.15, 0.2) is 0 Å². The van der Waals surface area contributed by atoms with E-state index in [2.05, 4.69) is 0 Å². The molecule has 0 aromatic heterocycles. The Bertz CT molecular complexity index is 795. The van der Waals surface area contributed by atoms with E-state index in [9.17, 15) is 21.6 Å². The zero-order valence-electron chi connectivity index (χ0n) is 18.2. The minimum atomic E-state index is -3.51. The van der Waals surface area contributed by atoms with Gasteiger partial charge in [-0.1, -0.05) is 19.3 Å². The number of hydrogen-bond acceptors (Lipinski definition) is 5. The zero-order chi connectivity index (χ0) is 21.9. The SMILES string of the molecule is CCS(=O)(=O)N1CCC(C(=O)N2CCN(S(=O)(=O)N(C)C3CCCCC3)CC2)CC1. The van der Waals surface area contributed by atoms with Gasteiger partial charge < -0.3 is 4.90 Å². The summed E-state index contributed by atoms with van der Waals surface area (Å²) < 4.78 is 54.5. The van der Waals surface area contributed by atoms with Crippen LogP contribution >= 0.6 is 0 Å². The van der Waals surface area contributed by atoms with Crippen LogP contribution in [0.5, 0.6) is 0 Å². The number of amides is 1. The van der Waals surface area contributed by atoms with E-state index in [4.69, 9.17) is 0 Å². The smallest absolute Gasteiger partial charge is 0.282 e. The number of piperidine rings is 1. The number of sulfonamides is 1. The molecular formula is C19H36N4O5S2. The molecule has 0 aromatic rings. The van der Waals surface area contributed by atoms with Gasteiger partial charge in [0.25, 0.3) is 10.2 Å². The molecule has 30 heavy (non-hydrogen) atoms. The minimum Gasteiger partial charge on any atom is -0.340 e. The maximum atomic E-state index is 13.0. The molecule has 2 saturated heterocycles. The molecule has 0 aromatic carbocycles. The Morgan fingerprint density at radius 2 is 1.40 bits per heavy atom. The van der Waals surface area contributed by atoms with Crippen molar-refractivity contribution in [3.63, 3.8) is 0 Å². The van der Waals surface area contributed by atoms with E-state index in [1.54, 1.807) is 18.9 Å². The lowest BCUT2D eigenvalue weighted by Crippen LogP contribution is -2.56. The normalized spacial score (nSPS) is 24.4. The highest BCUT2D eigenvalue weighted by Gasteiger charge is 2.37. The van der Waals surface area contributed by atoms with Crippen LogP contribution in [-0.4, -0.2) is 98.7 Å². The minimum absolute atomic E-state index is 0.0289. The molecule has 1 amide bonds. The first-order valence-electron chi connectivity index (χ1n) is 11.2. The van der Waals surface area contributed by atoms with Gasteiger partial charge in [-0.25, -0.2) is 12.7 Å². The highest BCUT2D eigenvalue weighted by atomic mass is 32.2. The maximum absolute atomic E-state index is 13.0. The molecule has 0 radical (unpaired) electrons. The van der Waals surface area contributed by atoms with Gasteiger partial charge >= 0.3 is 0 Å². The Morgan fingerprint density at radius 3 is 1.93 bits per heavy atom. The Kier molecular flexibility index (Phi) is 7.81. The number of piperazine rings is 1. The largest absolute Gasteiger partial charge is 0.340 e. The van der Waals surface area contributed by atoms with Crippen molar-refractivity contribution in [3.05, 3.63) is 0 Å². The van der Waals surface area contributed by atoms with Crippen LogP contribution in [0.25, 0.3) is 0 Å². The summed E-state index contributed by atoms with van der Waals surface area (Å²) in [5, 5.41) is 0. The summed E-state index contributed by atoms with van der Waals surface area (Å²) in [6, 6.07) is 0.0768. The lowest BCUT2D eigenvalue weighted by Gasteiger charge is -2.40. The number of carbonyl (C=O) groups excluding carboxylic acids is 1. The van der Waals surface area contributed by atoms with Crippen molar-refractivity contribution in [2.45, 2.75) is 57.9 Å². The second-order valence-electron chi connectivity index (χ2n) is 8.61. The van der Waals surface area contributed by atoms with Gasteiger partial charge in [0.05, 0.1) is 5.75 Å². The molecule has 1 aliphatic carbocycles. The first-order chi connectivity index (χ1) is 14.2. The van der Waals surface area contributed by atoms with Crippen LogP contribution in [0, 0.1) is 5.92 Å². The van der Waals surface area contributed by atoms with Gasteiger partial charge in [-0.05, 0) is 32.6 Å². The summed E-state index contributed by atoms with van der Waals surface area (Å²) in [6.45, 7) is 3.81. The third-order valence-corrected chi connectivity index (χ3v) is 10.8. The summed E-state index contributed by atoms with van der Waals surface area (Å²) in [5.74, 6) is -0.0697. The molecule has 0 N–H and O–H groups in total. The molecular weight excluding hydrogens is 428 g/mol. The van der Waals surface area contributed by atoms with E-state index in [-0.39, 0.29) is 23.6 Å². The molecule has 0 spiro atoms. The molecule has 3 rings (SSSR count). The molecule has 0 atom stereocenters. The van der Waals surface area contributed by atoms with Crippen molar-refractivity contribution in [3.8, 4) is 0 Å². The van der Waals surface area contributed by atoms with Crippen molar-refractivity contribution in [2.24, 2.45) is 5.92 Å². The van der Waals surface area contributed by atoms with E-state index in [1.165, 1.54) is 19.3 Å². The van der Waals surface area contributed by atoms with Crippen molar-refractivity contribution in [1.29, 1.82) is 0 Å². The monoisotopic (exact) mass is 464 g/mol. The topological polar surface area (TPSA) is 98.3 Å². The quantitative estimate of drug-likeness (QED) is 0.576. The number of nitrogens with zero attached hydrogens (tertiary/aromatic N) is 4. The second kappa shape index (κ2) is 9.81. The predicted octanol–water partition coefficient (Wildman–Crippen LogP) is 0.702. The van der Waals surface area contributed by atoms with Crippen LogP contribution < -0.4 is 0 Å². The molecule has 1 saturated carbocycles. The van der Waals surface area contributed by atoms with E-state index in [0.29, 0.717) is 52.1 Å². The number of hydrogen-bond donors (Lipinski definition) is 0. The van der Waals surface area contributed by atoms with Crippen LogP contribution in [0.2, 0.25) is 0 Å². The van der Waals surface area contributed by atoms with Gasteiger partial charge in [0, 0.05) is 58.3 Å². The standard InChI is InChI=1S/C19H36N4O5S2/c1-3-29(25,26)22-11-9-17(10-12-22)19(24)21-13-15-23(16-14-21)30(27,28)20(2)18-7-5-4-6-8-18/h17-18H,3-16H2,1-2H3. The van der Waals surface area contributed by atoms with E-state index in [0.717, 1.165) is 25.7 Å². The molecule has 3 aliphatic rings. The molecule has 2 heterocycles. The highest BCUT2D eigenvalue weighted by Crippen LogP contribution is 2.26. The Balaban J connectivity index is 1.51. The third kappa shape index (κ3) is 5.17. The number of rotatable bonds is 6. The summed E-state index contributed by atoms with van der Waals surface area (Å²) in [5.41, 5.74) is 0. The van der Waals surface area contributed by atoms with E-state index in [1.807, 2.05) is 0 Å². The summed E-state index contributed by atoms with van der Waals surface area (Å²) in [4.78, 5) is 14.6. The molecule has 0 bridgehead atoms. The molecule has 11 heteroatoms. The van der Waals surface area contributed by atoms with E-state index < -0.39 is 20.2 Å². The van der Waals surface area contributed by atoms with Gasteiger partial charge in [0.15, 0.2) is 0 Å². The van der Waals surface area contributed by atoms with Gasteiger partial charge in [-0.15, -0.1) is 0 Å². The molecule has 174 valence electrons. The maximum Gasteiger partial charge on any atom is 0.282 e. The molecule has 2 aliphatic heterocycles. The van der Waals surface area contributed by atoms with Crippen molar-refractivity contribution in [1.82, 2.24) is 17.8 Å². The first kappa shape index (κ1) is 23.9. The third-order valence-electron chi connectivity index (χ3n) is 6.89. The van der Waals surface area contributed by atoms with Crippen molar-refractivity contribution < 1.29 is 21.6 Å². The van der Waals surface area contributed by atoms with Gasteiger partial charge in [0.1, 0.15) is 0 Å². The fraction of sp³-hybridized carbons (Fsp3) is 0.947. The predicted molar refractivity (Wildman–Crippen MR) is 115 cm³/mol. The molecule has 3 fully saturated rings. The lowest BCUT2D eigenvalue weighted by atomic mass is 9.96. The van der Waals surface area contributed by atoms with E-state index >= 15 is 0 Å². The van der Waals surface area contributed by atoms with Crippen LogP contribution in [0.3, 0.4) is 0 Å². The average Bonchev–Trinajstić information content (AvgIpc) is 2.78. The van der Waals surface area contributed by atoms with Crippen molar-refractivity contribution in [2.75, 3.05) is 52.1 Å². The average molecular weight is 465 g/mol. The van der Waals surface area contributed by atoms with Crippen LogP contribution in [0.4, 0.5) is 0 Å². The van der Waals surface area contributed by atoms with Crippen LogP contribution in [0.1, 0.15) is 51.9 Å². The highest BCUT2D eigenvalue weighted by molar-refractivity contribution is 7.89. The van der Waals surface area contributed by atoms with Gasteiger partial charge in [-0.3, -0.25) is 4.79 Å². The van der Waals surface area contributed by atoms with Crippen molar-refractivity contribution >= 4 is 26.1 Å². The molecule has 0 unspecified atom stereocenters. The van der Waals surface area contributed by atoms with Crippen LogP contribution in [-0.2, 0) is 25.0 Å². The fourth-order valence-electron chi connectivity index (χ4n) is 4.78. The molecule has 9 nitrogen and oxygen atoms in total. The summed E-state index contributed by atoms with van der Waals surface area (Å²) in [6.07, 6.45) is 6.22.